The number of aryl methyl sites for hydroxylation is 3. The summed E-state index contributed by atoms with van der Waals surface area (Å²) in [6, 6.07) is 7.71. The van der Waals surface area contributed by atoms with E-state index in [1.165, 1.54) is 0 Å². The van der Waals surface area contributed by atoms with Gasteiger partial charge in [-0.3, -0.25) is 9.78 Å². The molecule has 0 aliphatic heterocycles. The molecule has 0 bridgehead atoms. The van der Waals surface area contributed by atoms with Crippen molar-refractivity contribution in [3.63, 3.8) is 0 Å². The average Bonchev–Trinajstić information content (AvgIpc) is 3.05. The van der Waals surface area contributed by atoms with Gasteiger partial charge in [0.25, 0.3) is 5.91 Å². The smallest absolute Gasteiger partial charge is 0.252 e. The normalized spacial score (nSPS) is 10.9. The molecule has 0 atom stereocenters. The highest BCUT2D eigenvalue weighted by atomic mass is 16.1. The zero-order chi connectivity index (χ0) is 16.2. The average molecular weight is 310 g/mol. The number of hydrogen-bond donors (Lipinski definition) is 2. The summed E-state index contributed by atoms with van der Waals surface area (Å²) in [5.41, 5.74) is 3.45. The lowest BCUT2D eigenvalue weighted by Crippen LogP contribution is -2.25. The standard InChI is InChI=1S/C16H18N6O/c1-10-5-3-6-12-13(9-11(2)18-15(10)12)16(23)17-8-4-7-14-19-21-22-20-14/h3,5-6,9H,4,7-8H2,1-2H3,(H,17,23)(H,19,20,21,22). The number of benzene rings is 1. The molecule has 3 aromatic rings. The molecule has 2 heterocycles. The third kappa shape index (κ3) is 3.33. The van der Waals surface area contributed by atoms with Crippen molar-refractivity contribution in [2.75, 3.05) is 6.54 Å². The number of aromatic nitrogens is 5. The lowest BCUT2D eigenvalue weighted by molar-refractivity contribution is 0.0954. The Balaban J connectivity index is 1.72. The van der Waals surface area contributed by atoms with Crippen LogP contribution >= 0.6 is 0 Å². The van der Waals surface area contributed by atoms with E-state index in [1.54, 1.807) is 0 Å². The molecule has 0 aliphatic rings. The molecular weight excluding hydrogens is 292 g/mol. The molecular formula is C16H18N6O. The SMILES string of the molecule is Cc1cc(C(=O)NCCCc2nn[nH]n2)c2cccc(C)c2n1. The zero-order valence-corrected chi connectivity index (χ0v) is 13.1. The van der Waals surface area contributed by atoms with E-state index in [2.05, 4.69) is 30.9 Å². The van der Waals surface area contributed by atoms with Crippen molar-refractivity contribution in [1.82, 2.24) is 30.9 Å². The molecule has 0 saturated heterocycles. The number of carbonyl (C=O) groups is 1. The minimum Gasteiger partial charge on any atom is -0.352 e. The Bertz CT molecular complexity index is 828. The van der Waals surface area contributed by atoms with Crippen LogP contribution in [0.4, 0.5) is 0 Å². The number of tetrazole rings is 1. The molecule has 2 N–H and O–H groups in total. The number of carbonyl (C=O) groups excluding carboxylic acids is 1. The Hall–Kier alpha value is -2.83. The van der Waals surface area contributed by atoms with Crippen LogP contribution in [-0.4, -0.2) is 38.1 Å². The summed E-state index contributed by atoms with van der Waals surface area (Å²) in [5, 5.41) is 17.5. The van der Waals surface area contributed by atoms with Gasteiger partial charge in [0.1, 0.15) is 0 Å². The van der Waals surface area contributed by atoms with E-state index in [4.69, 9.17) is 0 Å². The topological polar surface area (TPSA) is 96.5 Å². The van der Waals surface area contributed by atoms with Gasteiger partial charge in [0.2, 0.25) is 0 Å². The van der Waals surface area contributed by atoms with Crippen LogP contribution in [0.25, 0.3) is 10.9 Å². The highest BCUT2D eigenvalue weighted by Crippen LogP contribution is 2.21. The molecule has 0 radical (unpaired) electrons. The molecule has 3 rings (SSSR count). The molecule has 0 fully saturated rings. The van der Waals surface area contributed by atoms with E-state index < -0.39 is 0 Å². The third-order valence-electron chi connectivity index (χ3n) is 3.67. The van der Waals surface area contributed by atoms with Gasteiger partial charge in [-0.15, -0.1) is 10.2 Å². The van der Waals surface area contributed by atoms with Gasteiger partial charge in [-0.05, 0) is 31.9 Å². The maximum atomic E-state index is 12.5. The summed E-state index contributed by atoms with van der Waals surface area (Å²) >= 11 is 0. The number of aromatic amines is 1. The summed E-state index contributed by atoms with van der Waals surface area (Å²) < 4.78 is 0. The van der Waals surface area contributed by atoms with Crippen molar-refractivity contribution in [2.24, 2.45) is 0 Å². The Labute approximate surface area is 133 Å². The van der Waals surface area contributed by atoms with Crippen molar-refractivity contribution >= 4 is 16.8 Å². The molecule has 1 aromatic carbocycles. The van der Waals surface area contributed by atoms with Crippen molar-refractivity contribution in [3.05, 3.63) is 46.9 Å². The molecule has 2 aromatic heterocycles. The van der Waals surface area contributed by atoms with Crippen LogP contribution in [0.5, 0.6) is 0 Å². The highest BCUT2D eigenvalue weighted by Gasteiger charge is 2.12. The number of nitrogens with one attached hydrogen (secondary N) is 2. The predicted octanol–water partition coefficient (Wildman–Crippen LogP) is 1.73. The van der Waals surface area contributed by atoms with Crippen LogP contribution in [0, 0.1) is 13.8 Å². The van der Waals surface area contributed by atoms with E-state index in [9.17, 15) is 4.79 Å². The number of fused-ring (bicyclic) bond motifs is 1. The monoisotopic (exact) mass is 310 g/mol. The van der Waals surface area contributed by atoms with Gasteiger partial charge in [-0.1, -0.05) is 23.4 Å². The largest absolute Gasteiger partial charge is 0.352 e. The molecule has 0 aliphatic carbocycles. The second-order valence-corrected chi connectivity index (χ2v) is 5.47. The molecule has 7 heteroatoms. The second-order valence-electron chi connectivity index (χ2n) is 5.47. The zero-order valence-electron chi connectivity index (χ0n) is 13.1. The van der Waals surface area contributed by atoms with Crippen molar-refractivity contribution < 1.29 is 4.79 Å². The number of para-hydroxylation sites is 1. The minimum absolute atomic E-state index is 0.0841. The van der Waals surface area contributed by atoms with E-state index >= 15 is 0 Å². The van der Waals surface area contributed by atoms with E-state index in [0.717, 1.165) is 28.6 Å². The van der Waals surface area contributed by atoms with Crippen molar-refractivity contribution in [3.8, 4) is 0 Å². The highest BCUT2D eigenvalue weighted by molar-refractivity contribution is 6.06. The van der Waals surface area contributed by atoms with Crippen LogP contribution in [0.3, 0.4) is 0 Å². The summed E-state index contributed by atoms with van der Waals surface area (Å²) in [5.74, 6) is 0.569. The molecule has 0 unspecified atom stereocenters. The van der Waals surface area contributed by atoms with Gasteiger partial charge in [0.05, 0.1) is 11.1 Å². The fourth-order valence-corrected chi connectivity index (χ4v) is 2.54. The van der Waals surface area contributed by atoms with Crippen molar-refractivity contribution in [1.29, 1.82) is 0 Å². The van der Waals surface area contributed by atoms with E-state index in [-0.39, 0.29) is 5.91 Å². The molecule has 1 amide bonds. The first kappa shape index (κ1) is 15.1. The lowest BCUT2D eigenvalue weighted by Gasteiger charge is -2.10. The number of nitrogens with zero attached hydrogens (tertiary/aromatic N) is 4. The van der Waals surface area contributed by atoms with Gasteiger partial charge in [-0.2, -0.15) is 5.21 Å². The molecule has 118 valence electrons. The Morgan fingerprint density at radius 2 is 2.17 bits per heavy atom. The Morgan fingerprint density at radius 1 is 1.30 bits per heavy atom. The van der Waals surface area contributed by atoms with E-state index in [1.807, 2.05) is 38.1 Å². The van der Waals surface area contributed by atoms with E-state index in [0.29, 0.717) is 24.4 Å². The summed E-state index contributed by atoms with van der Waals surface area (Å²) in [6.45, 7) is 4.46. The number of H-pyrrole nitrogens is 1. The Morgan fingerprint density at radius 3 is 2.96 bits per heavy atom. The minimum atomic E-state index is -0.0841. The maximum Gasteiger partial charge on any atom is 0.252 e. The number of amides is 1. The fourth-order valence-electron chi connectivity index (χ4n) is 2.54. The molecule has 0 saturated carbocycles. The fraction of sp³-hybridized carbons (Fsp3) is 0.312. The first-order valence-electron chi connectivity index (χ1n) is 7.52. The van der Waals surface area contributed by atoms with Crippen LogP contribution in [0.2, 0.25) is 0 Å². The second kappa shape index (κ2) is 6.51. The van der Waals surface area contributed by atoms with Crippen LogP contribution in [0.15, 0.2) is 24.3 Å². The first-order chi connectivity index (χ1) is 11.1. The van der Waals surface area contributed by atoms with Gasteiger partial charge in [0, 0.05) is 24.0 Å². The van der Waals surface area contributed by atoms with Crippen LogP contribution in [-0.2, 0) is 6.42 Å². The van der Waals surface area contributed by atoms with Gasteiger partial charge in [-0.25, -0.2) is 0 Å². The van der Waals surface area contributed by atoms with Crippen LogP contribution < -0.4 is 5.32 Å². The summed E-state index contributed by atoms with van der Waals surface area (Å²) in [7, 11) is 0. The first-order valence-corrected chi connectivity index (χ1v) is 7.52. The lowest BCUT2D eigenvalue weighted by atomic mass is 10.0. The maximum absolute atomic E-state index is 12.5. The van der Waals surface area contributed by atoms with Gasteiger partial charge in [0.15, 0.2) is 5.82 Å². The van der Waals surface area contributed by atoms with Crippen molar-refractivity contribution in [2.45, 2.75) is 26.7 Å². The molecule has 0 spiro atoms. The number of rotatable bonds is 5. The predicted molar refractivity (Wildman–Crippen MR) is 86.0 cm³/mol. The summed E-state index contributed by atoms with van der Waals surface area (Å²) in [6.07, 6.45) is 1.43. The summed E-state index contributed by atoms with van der Waals surface area (Å²) in [4.78, 5) is 17.0. The molecule has 23 heavy (non-hydrogen) atoms. The third-order valence-corrected chi connectivity index (χ3v) is 3.67. The van der Waals surface area contributed by atoms with Crippen LogP contribution in [0.1, 0.15) is 33.9 Å². The quantitative estimate of drug-likeness (QED) is 0.700. The van der Waals surface area contributed by atoms with Gasteiger partial charge < -0.3 is 5.32 Å². The number of hydrogen-bond acceptors (Lipinski definition) is 5. The Kier molecular flexibility index (Phi) is 4.27. The molecule has 7 nitrogen and oxygen atoms in total. The number of pyridine rings is 1. The van der Waals surface area contributed by atoms with Gasteiger partial charge >= 0.3 is 0 Å².